The Balaban J connectivity index is 2.25. The lowest BCUT2D eigenvalue weighted by Gasteiger charge is -1.92. The molecule has 78 valence electrons. The number of aryl methyl sites for hydroxylation is 1. The van der Waals surface area contributed by atoms with Crippen LogP contribution in [0.4, 0.5) is 0 Å². The molecule has 0 atom stereocenters. The van der Waals surface area contributed by atoms with Gasteiger partial charge in [0.1, 0.15) is 5.69 Å². The lowest BCUT2D eigenvalue weighted by atomic mass is 10.2. The van der Waals surface area contributed by atoms with Crippen LogP contribution in [0, 0.1) is 18.8 Å². The molecule has 0 aliphatic rings. The minimum atomic E-state index is 0.769. The molecule has 16 heavy (non-hydrogen) atoms. The van der Waals surface area contributed by atoms with Crippen LogP contribution < -0.4 is 0 Å². The average molecular weight is 273 g/mol. The van der Waals surface area contributed by atoms with Crippen molar-refractivity contribution in [2.45, 2.75) is 6.92 Å². The van der Waals surface area contributed by atoms with Gasteiger partial charge in [-0.3, -0.25) is 4.98 Å². The van der Waals surface area contributed by atoms with Gasteiger partial charge in [-0.25, -0.2) is 4.98 Å². The molecule has 2 rings (SSSR count). The molecule has 0 radical (unpaired) electrons. The predicted octanol–water partition coefficient (Wildman–Crippen LogP) is 2.95. The second kappa shape index (κ2) is 4.91. The summed E-state index contributed by atoms with van der Waals surface area (Å²) >= 11 is 3.35. The van der Waals surface area contributed by atoms with E-state index in [0.29, 0.717) is 0 Å². The molecular formula is C13H9BrN2. The van der Waals surface area contributed by atoms with Crippen molar-refractivity contribution in [3.63, 3.8) is 0 Å². The Kier molecular flexibility index (Phi) is 3.33. The van der Waals surface area contributed by atoms with E-state index in [0.717, 1.165) is 21.3 Å². The fourth-order valence-electron chi connectivity index (χ4n) is 1.16. The van der Waals surface area contributed by atoms with Crippen LogP contribution in [0.2, 0.25) is 0 Å². The van der Waals surface area contributed by atoms with E-state index in [1.807, 2.05) is 31.3 Å². The molecular weight excluding hydrogens is 264 g/mol. The Bertz CT molecular complexity index is 550. The first-order valence-electron chi connectivity index (χ1n) is 4.79. The van der Waals surface area contributed by atoms with Crippen LogP contribution >= 0.6 is 15.9 Å². The van der Waals surface area contributed by atoms with Gasteiger partial charge in [0.15, 0.2) is 0 Å². The molecule has 0 fully saturated rings. The molecule has 0 aliphatic heterocycles. The predicted molar refractivity (Wildman–Crippen MR) is 66.9 cm³/mol. The minimum absolute atomic E-state index is 0.769. The van der Waals surface area contributed by atoms with Gasteiger partial charge in [-0.1, -0.05) is 12.0 Å². The van der Waals surface area contributed by atoms with E-state index in [9.17, 15) is 0 Å². The van der Waals surface area contributed by atoms with Crippen molar-refractivity contribution in [3.05, 3.63) is 58.1 Å². The molecule has 2 aromatic heterocycles. The maximum atomic E-state index is 4.21. The topological polar surface area (TPSA) is 25.8 Å². The van der Waals surface area contributed by atoms with Gasteiger partial charge >= 0.3 is 0 Å². The van der Waals surface area contributed by atoms with E-state index in [4.69, 9.17) is 0 Å². The maximum absolute atomic E-state index is 4.21. The summed E-state index contributed by atoms with van der Waals surface area (Å²) in [6.07, 6.45) is 5.27. The van der Waals surface area contributed by atoms with Gasteiger partial charge in [-0.05, 0) is 46.5 Å². The van der Waals surface area contributed by atoms with Crippen LogP contribution in [0.15, 0.2) is 41.3 Å². The number of hydrogen-bond donors (Lipinski definition) is 0. The summed E-state index contributed by atoms with van der Waals surface area (Å²) in [5, 5.41) is 0. The standard InChI is InChI=1S/C13H9BrN2/c1-10-2-4-13(16-7-10)5-3-11-6-12(14)9-15-8-11/h2,4,6-9H,1H3. The smallest absolute Gasteiger partial charge is 0.113 e. The fraction of sp³-hybridized carbons (Fsp3) is 0.0769. The summed E-state index contributed by atoms with van der Waals surface area (Å²) < 4.78 is 0.927. The summed E-state index contributed by atoms with van der Waals surface area (Å²) in [7, 11) is 0. The van der Waals surface area contributed by atoms with Crippen molar-refractivity contribution in [1.29, 1.82) is 0 Å². The Morgan fingerprint density at radius 2 is 2.00 bits per heavy atom. The summed E-state index contributed by atoms with van der Waals surface area (Å²) in [5.74, 6) is 6.01. The van der Waals surface area contributed by atoms with Gasteiger partial charge in [0.25, 0.3) is 0 Å². The highest BCUT2D eigenvalue weighted by Crippen LogP contribution is 2.08. The summed E-state index contributed by atoms with van der Waals surface area (Å²) in [6, 6.07) is 5.83. The van der Waals surface area contributed by atoms with Crippen molar-refractivity contribution in [2.24, 2.45) is 0 Å². The molecule has 0 spiro atoms. The maximum Gasteiger partial charge on any atom is 0.113 e. The molecule has 3 heteroatoms. The van der Waals surface area contributed by atoms with Crippen LogP contribution in [0.1, 0.15) is 16.8 Å². The third-order valence-corrected chi connectivity index (χ3v) is 2.38. The largest absolute Gasteiger partial charge is 0.262 e. The molecule has 0 aromatic carbocycles. The van der Waals surface area contributed by atoms with Crippen LogP contribution in [-0.2, 0) is 0 Å². The Hall–Kier alpha value is -1.66. The van der Waals surface area contributed by atoms with Gasteiger partial charge in [0.2, 0.25) is 0 Å². The molecule has 0 N–H and O–H groups in total. The van der Waals surface area contributed by atoms with Crippen molar-refractivity contribution in [3.8, 4) is 11.8 Å². The fourth-order valence-corrected chi connectivity index (χ4v) is 1.52. The zero-order valence-electron chi connectivity index (χ0n) is 8.74. The lowest BCUT2D eigenvalue weighted by molar-refractivity contribution is 1.24. The average Bonchev–Trinajstić information content (AvgIpc) is 2.28. The van der Waals surface area contributed by atoms with Gasteiger partial charge in [0, 0.05) is 28.6 Å². The first-order chi connectivity index (χ1) is 7.74. The van der Waals surface area contributed by atoms with E-state index < -0.39 is 0 Å². The van der Waals surface area contributed by atoms with Gasteiger partial charge in [-0.15, -0.1) is 0 Å². The SMILES string of the molecule is Cc1ccc(C#Cc2cncc(Br)c2)nc1. The number of halogens is 1. The van der Waals surface area contributed by atoms with Crippen molar-refractivity contribution in [2.75, 3.05) is 0 Å². The van der Waals surface area contributed by atoms with E-state index in [1.54, 1.807) is 12.4 Å². The van der Waals surface area contributed by atoms with E-state index in [1.165, 1.54) is 0 Å². The first kappa shape index (κ1) is 10.8. The molecule has 2 heterocycles. The summed E-state index contributed by atoms with van der Waals surface area (Å²) in [5.41, 5.74) is 2.77. The van der Waals surface area contributed by atoms with Crippen LogP contribution in [0.25, 0.3) is 0 Å². The third kappa shape index (κ3) is 2.91. The number of nitrogens with zero attached hydrogens (tertiary/aromatic N) is 2. The first-order valence-corrected chi connectivity index (χ1v) is 5.58. The normalized spacial score (nSPS) is 9.38. The number of hydrogen-bond acceptors (Lipinski definition) is 2. The Morgan fingerprint density at radius 1 is 1.12 bits per heavy atom. The second-order valence-corrected chi connectivity index (χ2v) is 4.28. The third-order valence-electron chi connectivity index (χ3n) is 1.95. The number of rotatable bonds is 0. The number of pyridine rings is 2. The van der Waals surface area contributed by atoms with Crippen LogP contribution in [0.3, 0.4) is 0 Å². The lowest BCUT2D eigenvalue weighted by Crippen LogP contribution is -1.83. The van der Waals surface area contributed by atoms with Crippen molar-refractivity contribution >= 4 is 15.9 Å². The van der Waals surface area contributed by atoms with E-state index in [-0.39, 0.29) is 0 Å². The van der Waals surface area contributed by atoms with Crippen molar-refractivity contribution < 1.29 is 0 Å². The molecule has 2 aromatic rings. The van der Waals surface area contributed by atoms with Crippen LogP contribution in [0.5, 0.6) is 0 Å². The number of aromatic nitrogens is 2. The Labute approximate surface area is 103 Å². The molecule has 0 bridgehead atoms. The highest BCUT2D eigenvalue weighted by atomic mass is 79.9. The second-order valence-electron chi connectivity index (χ2n) is 3.36. The highest BCUT2D eigenvalue weighted by molar-refractivity contribution is 9.10. The van der Waals surface area contributed by atoms with E-state index >= 15 is 0 Å². The molecule has 2 nitrogen and oxygen atoms in total. The molecule has 0 aliphatic carbocycles. The molecule has 0 unspecified atom stereocenters. The van der Waals surface area contributed by atoms with E-state index in [2.05, 4.69) is 37.7 Å². The van der Waals surface area contributed by atoms with Crippen molar-refractivity contribution in [1.82, 2.24) is 9.97 Å². The van der Waals surface area contributed by atoms with Gasteiger partial charge in [-0.2, -0.15) is 0 Å². The molecule has 0 saturated heterocycles. The Morgan fingerprint density at radius 3 is 2.69 bits per heavy atom. The van der Waals surface area contributed by atoms with Crippen LogP contribution in [-0.4, -0.2) is 9.97 Å². The highest BCUT2D eigenvalue weighted by Gasteiger charge is 1.90. The molecule has 0 saturated carbocycles. The molecule has 0 amide bonds. The van der Waals surface area contributed by atoms with Gasteiger partial charge in [0.05, 0.1) is 0 Å². The monoisotopic (exact) mass is 272 g/mol. The van der Waals surface area contributed by atoms with Gasteiger partial charge < -0.3 is 0 Å². The zero-order chi connectivity index (χ0) is 11.4. The quantitative estimate of drug-likeness (QED) is 0.690. The summed E-state index contributed by atoms with van der Waals surface area (Å²) in [6.45, 7) is 2.00. The minimum Gasteiger partial charge on any atom is -0.262 e. The summed E-state index contributed by atoms with van der Waals surface area (Å²) in [4.78, 5) is 8.25. The zero-order valence-corrected chi connectivity index (χ0v) is 10.3.